The van der Waals surface area contributed by atoms with Gasteiger partial charge in [0.2, 0.25) is 0 Å². The Kier molecular flexibility index (Phi) is 3.15. The van der Waals surface area contributed by atoms with Gasteiger partial charge in [-0.1, -0.05) is 35.9 Å². The summed E-state index contributed by atoms with van der Waals surface area (Å²) in [6.07, 6.45) is 2.31. The first kappa shape index (κ1) is 11.0. The van der Waals surface area contributed by atoms with E-state index in [4.69, 9.17) is 16.7 Å². The Bertz CT molecular complexity index is 431. The zero-order valence-electron chi connectivity index (χ0n) is 8.64. The molecule has 16 heavy (non-hydrogen) atoms. The van der Waals surface area contributed by atoms with Crippen molar-refractivity contribution in [2.45, 2.75) is 12.5 Å². The van der Waals surface area contributed by atoms with Crippen molar-refractivity contribution in [1.82, 2.24) is 0 Å². The molecule has 0 saturated heterocycles. The zero-order chi connectivity index (χ0) is 11.5. The van der Waals surface area contributed by atoms with Crippen molar-refractivity contribution < 1.29 is 9.90 Å². The van der Waals surface area contributed by atoms with Gasteiger partial charge in [-0.15, -0.1) is 0 Å². The van der Waals surface area contributed by atoms with Gasteiger partial charge < -0.3 is 10.0 Å². The molecule has 3 nitrogen and oxygen atoms in total. The summed E-state index contributed by atoms with van der Waals surface area (Å²) in [6.45, 7) is 0.525. The van der Waals surface area contributed by atoms with Gasteiger partial charge in [0.15, 0.2) is 0 Å². The van der Waals surface area contributed by atoms with E-state index in [-0.39, 0.29) is 0 Å². The minimum atomic E-state index is -0.792. The van der Waals surface area contributed by atoms with Crippen molar-refractivity contribution in [3.63, 3.8) is 0 Å². The van der Waals surface area contributed by atoms with Gasteiger partial charge in [0.25, 0.3) is 0 Å². The van der Waals surface area contributed by atoms with E-state index in [1.807, 2.05) is 29.2 Å². The number of aliphatic carboxylic acids is 1. The van der Waals surface area contributed by atoms with Crippen molar-refractivity contribution in [3.8, 4) is 0 Å². The second kappa shape index (κ2) is 4.58. The molecule has 1 atom stereocenters. The summed E-state index contributed by atoms with van der Waals surface area (Å²) in [5.74, 6) is -0.792. The van der Waals surface area contributed by atoms with Crippen LogP contribution in [0.5, 0.6) is 0 Å². The normalized spacial score (nSPS) is 19.1. The fourth-order valence-electron chi connectivity index (χ4n) is 2.05. The molecule has 1 aromatic carbocycles. The molecule has 0 radical (unpaired) electrons. The molecular formula is C12H12ClNO2. The van der Waals surface area contributed by atoms with Crippen molar-refractivity contribution >= 4 is 23.3 Å². The highest BCUT2D eigenvalue weighted by molar-refractivity contribution is 6.25. The maximum Gasteiger partial charge on any atom is 0.326 e. The molecule has 0 bridgehead atoms. The molecule has 2 rings (SSSR count). The number of hydrogen-bond donors (Lipinski definition) is 1. The number of nitrogens with zero attached hydrogens (tertiary/aromatic N) is 1. The van der Waals surface area contributed by atoms with Crippen LogP contribution in [0.15, 0.2) is 35.9 Å². The Hall–Kier alpha value is -1.48. The molecule has 0 aliphatic carbocycles. The maximum absolute atomic E-state index is 11.1. The van der Waals surface area contributed by atoms with Crippen molar-refractivity contribution in [2.24, 2.45) is 0 Å². The monoisotopic (exact) mass is 237 g/mol. The summed E-state index contributed by atoms with van der Waals surface area (Å²) in [4.78, 5) is 13.0. The smallest absolute Gasteiger partial charge is 0.326 e. The molecule has 1 heterocycles. The number of carboxylic acid groups (broad SMARTS) is 1. The average molecular weight is 238 g/mol. The van der Waals surface area contributed by atoms with E-state index >= 15 is 0 Å². The quantitative estimate of drug-likeness (QED) is 0.877. The minimum Gasteiger partial charge on any atom is -0.480 e. The van der Waals surface area contributed by atoms with Crippen LogP contribution in [-0.4, -0.2) is 23.7 Å². The molecule has 84 valence electrons. The highest BCUT2D eigenvalue weighted by Gasteiger charge is 2.33. The number of carboxylic acids is 1. The maximum atomic E-state index is 11.1. The lowest BCUT2D eigenvalue weighted by Crippen LogP contribution is -2.38. The zero-order valence-corrected chi connectivity index (χ0v) is 9.39. The molecule has 0 fully saturated rings. The third-order valence-electron chi connectivity index (χ3n) is 2.77. The van der Waals surface area contributed by atoms with Gasteiger partial charge >= 0.3 is 5.97 Å². The number of fused-ring (bicyclic) bond motifs is 1. The number of hydrogen-bond acceptors (Lipinski definition) is 2. The highest BCUT2D eigenvalue weighted by Crippen LogP contribution is 2.31. The minimum absolute atomic E-state index is 0.481. The number of benzene rings is 1. The summed E-state index contributed by atoms with van der Waals surface area (Å²) in [5.41, 5.74) is 3.49. The van der Waals surface area contributed by atoms with Crippen LogP contribution in [0, 0.1) is 0 Å². The molecule has 1 aliphatic rings. The first-order valence-corrected chi connectivity index (χ1v) is 5.50. The lowest BCUT2D eigenvalue weighted by molar-refractivity contribution is -0.138. The molecule has 0 saturated carbocycles. The fourth-order valence-corrected chi connectivity index (χ4v) is 2.13. The molecule has 0 spiro atoms. The average Bonchev–Trinajstić information content (AvgIpc) is 2.65. The Morgan fingerprint density at radius 1 is 1.56 bits per heavy atom. The number of para-hydroxylation sites is 1. The van der Waals surface area contributed by atoms with Crippen molar-refractivity contribution in [2.75, 3.05) is 11.4 Å². The van der Waals surface area contributed by atoms with E-state index in [0.717, 1.165) is 11.3 Å². The number of halogens is 1. The van der Waals surface area contributed by atoms with Crippen LogP contribution in [0.1, 0.15) is 5.56 Å². The first-order chi connectivity index (χ1) is 7.74. The van der Waals surface area contributed by atoms with Gasteiger partial charge in [-0.05, 0) is 11.6 Å². The molecule has 1 unspecified atom stereocenters. The predicted octanol–water partition coefficient (Wildman–Crippen LogP) is 2.25. The standard InChI is InChI=1S/C12H12ClNO2/c13-6-3-7-14-10-5-2-1-4-9(10)8-11(14)12(15)16/h1-6,11H,7-8H2,(H,15,16)/b6-3+. The molecule has 0 aromatic heterocycles. The Balaban J connectivity index is 2.32. The topological polar surface area (TPSA) is 40.5 Å². The molecule has 0 amide bonds. The summed E-state index contributed by atoms with van der Waals surface area (Å²) in [7, 11) is 0. The van der Waals surface area contributed by atoms with E-state index in [1.54, 1.807) is 6.08 Å². The second-order valence-corrected chi connectivity index (χ2v) is 3.95. The molecule has 1 aliphatic heterocycles. The van der Waals surface area contributed by atoms with Gasteiger partial charge in [0.1, 0.15) is 6.04 Å². The predicted molar refractivity (Wildman–Crippen MR) is 63.9 cm³/mol. The van der Waals surface area contributed by atoms with Crippen LogP contribution in [-0.2, 0) is 11.2 Å². The van der Waals surface area contributed by atoms with E-state index in [9.17, 15) is 4.79 Å². The summed E-state index contributed by atoms with van der Waals surface area (Å²) < 4.78 is 0. The van der Waals surface area contributed by atoms with E-state index in [1.165, 1.54) is 5.54 Å². The molecule has 1 aromatic rings. The summed E-state index contributed by atoms with van der Waals surface area (Å²) in [6, 6.07) is 7.28. The number of rotatable bonds is 3. The summed E-state index contributed by atoms with van der Waals surface area (Å²) >= 11 is 5.48. The second-order valence-electron chi connectivity index (χ2n) is 3.70. The first-order valence-electron chi connectivity index (χ1n) is 5.06. The number of carbonyl (C=O) groups is 1. The fraction of sp³-hybridized carbons (Fsp3) is 0.250. The Labute approximate surface area is 98.9 Å². The lowest BCUT2D eigenvalue weighted by Gasteiger charge is -2.22. The number of anilines is 1. The molecule has 4 heteroatoms. The van der Waals surface area contributed by atoms with Crippen LogP contribution >= 0.6 is 11.6 Å². The van der Waals surface area contributed by atoms with E-state index in [0.29, 0.717) is 13.0 Å². The van der Waals surface area contributed by atoms with Crippen molar-refractivity contribution in [1.29, 1.82) is 0 Å². The van der Waals surface area contributed by atoms with Gasteiger partial charge in [-0.25, -0.2) is 4.79 Å². The van der Waals surface area contributed by atoms with Crippen LogP contribution in [0.3, 0.4) is 0 Å². The van der Waals surface area contributed by atoms with E-state index in [2.05, 4.69) is 0 Å². The largest absolute Gasteiger partial charge is 0.480 e. The summed E-state index contributed by atoms with van der Waals surface area (Å²) in [5, 5.41) is 9.16. The van der Waals surface area contributed by atoms with Gasteiger partial charge in [-0.2, -0.15) is 0 Å². The Morgan fingerprint density at radius 2 is 2.31 bits per heavy atom. The van der Waals surface area contributed by atoms with Gasteiger partial charge in [-0.3, -0.25) is 0 Å². The van der Waals surface area contributed by atoms with Gasteiger partial charge in [0.05, 0.1) is 0 Å². The van der Waals surface area contributed by atoms with E-state index < -0.39 is 12.0 Å². The van der Waals surface area contributed by atoms with Crippen molar-refractivity contribution in [3.05, 3.63) is 41.4 Å². The Morgan fingerprint density at radius 3 is 3.00 bits per heavy atom. The van der Waals surface area contributed by atoms with Crippen LogP contribution in [0.25, 0.3) is 0 Å². The SMILES string of the molecule is O=C(O)C1Cc2ccccc2N1C/C=C/Cl. The van der Waals surface area contributed by atoms with Crippen LogP contribution < -0.4 is 4.90 Å². The van der Waals surface area contributed by atoms with Gasteiger partial charge in [0, 0.05) is 24.2 Å². The molecular weight excluding hydrogens is 226 g/mol. The van der Waals surface area contributed by atoms with Crippen LogP contribution in [0.4, 0.5) is 5.69 Å². The molecule has 1 N–H and O–H groups in total. The lowest BCUT2D eigenvalue weighted by atomic mass is 10.1. The third kappa shape index (κ3) is 1.91. The highest BCUT2D eigenvalue weighted by atomic mass is 35.5. The third-order valence-corrected chi connectivity index (χ3v) is 2.94. The van der Waals surface area contributed by atoms with Crippen LogP contribution in [0.2, 0.25) is 0 Å².